The van der Waals surface area contributed by atoms with Crippen molar-refractivity contribution in [3.8, 4) is 0 Å². The van der Waals surface area contributed by atoms with E-state index in [0.29, 0.717) is 11.5 Å². The maximum atomic E-state index is 12.6. The van der Waals surface area contributed by atoms with Crippen LogP contribution in [0, 0.1) is 5.92 Å². The van der Waals surface area contributed by atoms with Crippen LogP contribution < -0.4 is 10.6 Å². The molecule has 0 radical (unpaired) electrons. The Kier molecular flexibility index (Phi) is 5.33. The number of anilines is 1. The summed E-state index contributed by atoms with van der Waals surface area (Å²) in [6, 6.07) is 5.85. The molecule has 2 N–H and O–H groups in total. The first kappa shape index (κ1) is 15.5. The molecule has 0 saturated heterocycles. The summed E-state index contributed by atoms with van der Waals surface area (Å²) in [7, 11) is 0. The van der Waals surface area contributed by atoms with E-state index in [-0.39, 0.29) is 11.9 Å². The van der Waals surface area contributed by atoms with Crippen LogP contribution >= 0.6 is 11.3 Å². The third-order valence-corrected chi connectivity index (χ3v) is 4.19. The summed E-state index contributed by atoms with van der Waals surface area (Å²) in [5.74, 6) is 0.262. The van der Waals surface area contributed by atoms with E-state index in [0.717, 1.165) is 12.2 Å². The zero-order chi connectivity index (χ0) is 15.2. The molecular formula is C16H21N3OS. The number of carbonyl (C=O) groups excluding carboxylic acids is 1. The van der Waals surface area contributed by atoms with Crippen LogP contribution in [0.4, 0.5) is 5.69 Å². The third kappa shape index (κ3) is 3.82. The van der Waals surface area contributed by atoms with E-state index < -0.39 is 0 Å². The van der Waals surface area contributed by atoms with E-state index in [9.17, 15) is 4.79 Å². The van der Waals surface area contributed by atoms with Gasteiger partial charge in [0.25, 0.3) is 5.91 Å². The molecule has 0 saturated carbocycles. The Morgan fingerprint density at radius 1 is 1.38 bits per heavy atom. The molecule has 2 aromatic rings. The highest BCUT2D eigenvalue weighted by molar-refractivity contribution is 7.10. The smallest absolute Gasteiger partial charge is 0.254 e. The lowest BCUT2D eigenvalue weighted by molar-refractivity contribution is 0.0927. The molecule has 5 heteroatoms. The molecule has 2 heterocycles. The van der Waals surface area contributed by atoms with Gasteiger partial charge in [0, 0.05) is 17.6 Å². The summed E-state index contributed by atoms with van der Waals surface area (Å²) in [6.07, 6.45) is 3.33. The highest BCUT2D eigenvalue weighted by atomic mass is 32.1. The highest BCUT2D eigenvalue weighted by Crippen LogP contribution is 2.26. The van der Waals surface area contributed by atoms with Gasteiger partial charge in [-0.05, 0) is 30.4 Å². The standard InChI is InChI=1S/C16H21N3OS/c1-4-18-13-10-17-8-7-12(13)16(20)19-15(11(2)3)14-6-5-9-21-14/h5-11,15,18H,4H2,1-3H3,(H,19,20). The molecule has 2 aromatic heterocycles. The van der Waals surface area contributed by atoms with Crippen molar-refractivity contribution in [1.82, 2.24) is 10.3 Å². The lowest BCUT2D eigenvalue weighted by Gasteiger charge is -2.22. The van der Waals surface area contributed by atoms with Crippen molar-refractivity contribution >= 4 is 22.9 Å². The van der Waals surface area contributed by atoms with Gasteiger partial charge in [-0.3, -0.25) is 9.78 Å². The van der Waals surface area contributed by atoms with E-state index in [4.69, 9.17) is 0 Å². The third-order valence-electron chi connectivity index (χ3n) is 3.24. The maximum absolute atomic E-state index is 12.6. The minimum absolute atomic E-state index is 0.0279. The minimum Gasteiger partial charge on any atom is -0.383 e. The molecule has 0 aliphatic carbocycles. The number of nitrogens with zero attached hydrogens (tertiary/aromatic N) is 1. The lowest BCUT2D eigenvalue weighted by Crippen LogP contribution is -2.31. The lowest BCUT2D eigenvalue weighted by atomic mass is 10.0. The predicted molar refractivity (Wildman–Crippen MR) is 87.8 cm³/mol. The highest BCUT2D eigenvalue weighted by Gasteiger charge is 2.21. The average molecular weight is 303 g/mol. The van der Waals surface area contributed by atoms with Gasteiger partial charge in [-0.1, -0.05) is 19.9 Å². The van der Waals surface area contributed by atoms with Crippen LogP contribution in [0.15, 0.2) is 36.0 Å². The molecule has 0 spiro atoms. The summed E-state index contributed by atoms with van der Waals surface area (Å²) < 4.78 is 0. The fourth-order valence-corrected chi connectivity index (χ4v) is 3.13. The van der Waals surface area contributed by atoms with Gasteiger partial charge >= 0.3 is 0 Å². The van der Waals surface area contributed by atoms with Crippen molar-refractivity contribution in [2.75, 3.05) is 11.9 Å². The Hall–Kier alpha value is -1.88. The van der Waals surface area contributed by atoms with Gasteiger partial charge in [0.05, 0.1) is 23.5 Å². The van der Waals surface area contributed by atoms with Gasteiger partial charge in [0.15, 0.2) is 0 Å². The number of hydrogen-bond donors (Lipinski definition) is 2. The zero-order valence-electron chi connectivity index (χ0n) is 12.6. The van der Waals surface area contributed by atoms with Crippen LogP contribution in [0.25, 0.3) is 0 Å². The van der Waals surface area contributed by atoms with Gasteiger partial charge in [-0.2, -0.15) is 0 Å². The number of nitrogens with one attached hydrogen (secondary N) is 2. The SMILES string of the molecule is CCNc1cnccc1C(=O)NC(c1cccs1)C(C)C. The Bertz CT molecular complexity index is 581. The molecule has 0 aromatic carbocycles. The van der Waals surface area contributed by atoms with Crippen molar-refractivity contribution in [2.45, 2.75) is 26.8 Å². The summed E-state index contributed by atoms with van der Waals surface area (Å²) in [6.45, 7) is 6.98. The fourth-order valence-electron chi connectivity index (χ4n) is 2.18. The summed E-state index contributed by atoms with van der Waals surface area (Å²) in [4.78, 5) is 17.8. The molecule has 2 rings (SSSR count). The van der Waals surface area contributed by atoms with Crippen LogP contribution in [0.3, 0.4) is 0 Å². The monoisotopic (exact) mass is 303 g/mol. The van der Waals surface area contributed by atoms with Gasteiger partial charge in [-0.25, -0.2) is 0 Å². The van der Waals surface area contributed by atoms with E-state index in [1.807, 2.05) is 18.4 Å². The average Bonchev–Trinajstić information content (AvgIpc) is 2.99. The number of amides is 1. The maximum Gasteiger partial charge on any atom is 0.254 e. The van der Waals surface area contributed by atoms with Crippen LogP contribution in [-0.4, -0.2) is 17.4 Å². The van der Waals surface area contributed by atoms with Crippen molar-refractivity contribution in [3.63, 3.8) is 0 Å². The molecule has 4 nitrogen and oxygen atoms in total. The van der Waals surface area contributed by atoms with Crippen LogP contribution in [0.1, 0.15) is 42.0 Å². The normalized spacial score (nSPS) is 12.2. The summed E-state index contributed by atoms with van der Waals surface area (Å²) in [5, 5.41) is 8.35. The Morgan fingerprint density at radius 2 is 2.19 bits per heavy atom. The molecule has 21 heavy (non-hydrogen) atoms. The molecule has 1 atom stereocenters. The summed E-state index contributed by atoms with van der Waals surface area (Å²) >= 11 is 1.67. The number of rotatable bonds is 6. The van der Waals surface area contributed by atoms with Crippen LogP contribution in [-0.2, 0) is 0 Å². The molecule has 0 bridgehead atoms. The molecular weight excluding hydrogens is 282 g/mol. The first-order valence-electron chi connectivity index (χ1n) is 7.15. The van der Waals surface area contributed by atoms with E-state index in [1.54, 1.807) is 29.8 Å². The topological polar surface area (TPSA) is 54.0 Å². The first-order valence-corrected chi connectivity index (χ1v) is 8.03. The zero-order valence-corrected chi connectivity index (χ0v) is 13.4. The van der Waals surface area contributed by atoms with Crippen molar-refractivity contribution in [2.24, 2.45) is 5.92 Å². The Labute approximate surface area is 129 Å². The Morgan fingerprint density at radius 3 is 2.81 bits per heavy atom. The fraction of sp³-hybridized carbons (Fsp3) is 0.375. The minimum atomic E-state index is -0.0690. The Balaban J connectivity index is 2.20. The molecule has 1 unspecified atom stereocenters. The van der Waals surface area contributed by atoms with Crippen molar-refractivity contribution in [3.05, 3.63) is 46.4 Å². The van der Waals surface area contributed by atoms with Crippen molar-refractivity contribution < 1.29 is 4.79 Å². The second kappa shape index (κ2) is 7.22. The number of aromatic nitrogens is 1. The number of thiophene rings is 1. The van der Waals surface area contributed by atoms with E-state index in [1.165, 1.54) is 4.88 Å². The van der Waals surface area contributed by atoms with Crippen LogP contribution in [0.2, 0.25) is 0 Å². The van der Waals surface area contributed by atoms with Gasteiger partial charge in [0.2, 0.25) is 0 Å². The molecule has 1 amide bonds. The van der Waals surface area contributed by atoms with Gasteiger partial charge in [-0.15, -0.1) is 11.3 Å². The number of pyridine rings is 1. The first-order chi connectivity index (χ1) is 10.1. The summed E-state index contributed by atoms with van der Waals surface area (Å²) in [5.41, 5.74) is 1.40. The van der Waals surface area contributed by atoms with E-state index >= 15 is 0 Å². The van der Waals surface area contributed by atoms with E-state index in [2.05, 4.69) is 35.5 Å². The molecule has 0 aliphatic rings. The van der Waals surface area contributed by atoms with Crippen molar-refractivity contribution in [1.29, 1.82) is 0 Å². The molecule has 0 fully saturated rings. The molecule has 0 aliphatic heterocycles. The largest absolute Gasteiger partial charge is 0.383 e. The molecule has 112 valence electrons. The number of carbonyl (C=O) groups is 1. The van der Waals surface area contributed by atoms with Crippen LogP contribution in [0.5, 0.6) is 0 Å². The second-order valence-corrected chi connectivity index (χ2v) is 6.14. The quantitative estimate of drug-likeness (QED) is 0.855. The van der Waals surface area contributed by atoms with Gasteiger partial charge < -0.3 is 10.6 Å². The predicted octanol–water partition coefficient (Wildman–Crippen LogP) is 3.70. The second-order valence-electron chi connectivity index (χ2n) is 5.16. The van der Waals surface area contributed by atoms with Gasteiger partial charge in [0.1, 0.15) is 0 Å². The number of hydrogen-bond acceptors (Lipinski definition) is 4.